The van der Waals surface area contributed by atoms with Crippen LogP contribution < -0.4 is 19.7 Å². The van der Waals surface area contributed by atoms with E-state index in [4.69, 9.17) is 16.0 Å². The Balaban J connectivity index is 1.49. The molecular formula is C27H23N5O5. The molecule has 1 aliphatic heterocycles. The lowest BCUT2D eigenvalue weighted by Crippen LogP contribution is -2.49. The number of nitrogens with zero attached hydrogens (tertiary/aromatic N) is 4. The maximum absolute atomic E-state index is 13.2. The molecule has 0 aliphatic carbocycles. The van der Waals surface area contributed by atoms with Gasteiger partial charge in [-0.05, 0) is 50.2 Å². The molecule has 4 rings (SSSR count). The summed E-state index contributed by atoms with van der Waals surface area (Å²) in [5.74, 6) is 5.71. The second-order valence-electron chi connectivity index (χ2n) is 8.64. The molecular weight excluding hydrogens is 474 g/mol. The largest absolute Gasteiger partial charge is 0.489 e. The highest BCUT2D eigenvalue weighted by Gasteiger charge is 2.31. The molecule has 37 heavy (non-hydrogen) atoms. The summed E-state index contributed by atoms with van der Waals surface area (Å²) < 4.78 is 11.5. The molecule has 0 bridgehead atoms. The minimum Gasteiger partial charge on any atom is -0.489 e. The van der Waals surface area contributed by atoms with Gasteiger partial charge < -0.3 is 29.6 Å². The third kappa shape index (κ3) is 6.01. The van der Waals surface area contributed by atoms with Crippen LogP contribution in [0.15, 0.2) is 54.9 Å². The van der Waals surface area contributed by atoms with Crippen molar-refractivity contribution >= 4 is 23.3 Å². The Kier molecular flexibility index (Phi) is 7.05. The van der Waals surface area contributed by atoms with E-state index in [1.54, 1.807) is 57.3 Å². The lowest BCUT2D eigenvalue weighted by molar-refractivity contribution is -0.120. The summed E-state index contributed by atoms with van der Waals surface area (Å²) in [7, 11) is 1.58. The molecule has 2 N–H and O–H groups in total. The van der Waals surface area contributed by atoms with Crippen LogP contribution in [0.3, 0.4) is 0 Å². The molecule has 2 amide bonds. The third-order valence-electron chi connectivity index (χ3n) is 5.22. The molecule has 3 aromatic rings. The molecule has 2 aromatic heterocycles. The first kappa shape index (κ1) is 25.2. The van der Waals surface area contributed by atoms with Gasteiger partial charge in [0.05, 0.1) is 5.69 Å². The number of ether oxygens (including phenoxy) is 2. The summed E-state index contributed by atoms with van der Waals surface area (Å²) in [5.41, 5.74) is -0.0479. The number of aromatic nitrogens is 2. The van der Waals surface area contributed by atoms with Crippen LogP contribution in [0.1, 0.15) is 29.9 Å². The molecule has 0 saturated heterocycles. The van der Waals surface area contributed by atoms with E-state index in [9.17, 15) is 14.7 Å². The molecule has 1 aliphatic rings. The van der Waals surface area contributed by atoms with Crippen molar-refractivity contribution in [2.24, 2.45) is 0 Å². The number of amides is 2. The Morgan fingerprint density at radius 1 is 1.27 bits per heavy atom. The Hall–Kier alpha value is -4.93. The second kappa shape index (κ2) is 10.4. The molecule has 3 heterocycles. The van der Waals surface area contributed by atoms with Gasteiger partial charge in [-0.25, -0.2) is 0 Å². The highest BCUT2D eigenvalue weighted by Crippen LogP contribution is 2.32. The predicted octanol–water partition coefficient (Wildman–Crippen LogP) is 3.10. The highest BCUT2D eigenvalue weighted by molar-refractivity contribution is 6.03. The molecule has 0 spiro atoms. The minimum atomic E-state index is -1.16. The van der Waals surface area contributed by atoms with Crippen molar-refractivity contribution in [3.05, 3.63) is 77.5 Å². The van der Waals surface area contributed by atoms with E-state index in [-0.39, 0.29) is 35.5 Å². The van der Waals surface area contributed by atoms with Crippen LogP contribution in [0.2, 0.25) is 0 Å². The normalized spacial score (nSPS) is 14.7. The molecule has 0 saturated carbocycles. The summed E-state index contributed by atoms with van der Waals surface area (Å²) in [6, 6.07) is 10.3. The molecule has 0 fully saturated rings. The van der Waals surface area contributed by atoms with Gasteiger partial charge >= 0.3 is 5.82 Å². The van der Waals surface area contributed by atoms with Crippen molar-refractivity contribution in [3.63, 3.8) is 0 Å². The van der Waals surface area contributed by atoms with Gasteiger partial charge in [0.15, 0.2) is 5.75 Å². The summed E-state index contributed by atoms with van der Waals surface area (Å²) in [6.07, 6.45) is 2.87. The minimum absolute atomic E-state index is 0.0205. The summed E-state index contributed by atoms with van der Waals surface area (Å²) in [5, 5.41) is 12.5. The second-order valence-corrected chi connectivity index (χ2v) is 8.64. The monoisotopic (exact) mass is 497 g/mol. The number of benzene rings is 1. The first-order chi connectivity index (χ1) is 17.6. The lowest BCUT2D eigenvalue weighted by atomic mass is 10.1. The maximum Gasteiger partial charge on any atom is 0.312 e. The standard InChI is InChI=1S/C27H23N5O5/c1-27(2,35)11-9-17-7-8-22-21(14-17)32(4)26(34)20(16-36-22)31-25(33)19-15-18(10-13-29-19)37-23-6-5-12-30-24(23)28-3/h5-8,10,12-15,20,35H,16H2,1-2,4H3,(H,31,33)/t20-/m0/s1. The number of carbonyl (C=O) groups is 2. The van der Waals surface area contributed by atoms with Crippen molar-refractivity contribution in [3.8, 4) is 29.1 Å². The number of rotatable bonds is 4. The first-order valence-corrected chi connectivity index (χ1v) is 11.2. The van der Waals surface area contributed by atoms with Crippen LogP contribution in [0.25, 0.3) is 4.85 Å². The predicted molar refractivity (Wildman–Crippen MR) is 135 cm³/mol. The Morgan fingerprint density at radius 2 is 2.08 bits per heavy atom. The number of pyridine rings is 2. The van der Waals surface area contributed by atoms with E-state index in [2.05, 4.69) is 32.0 Å². The summed E-state index contributed by atoms with van der Waals surface area (Å²) in [6.45, 7) is 10.3. The zero-order valence-electron chi connectivity index (χ0n) is 20.3. The average Bonchev–Trinajstić information content (AvgIpc) is 2.99. The van der Waals surface area contributed by atoms with Gasteiger partial charge in [-0.3, -0.25) is 14.6 Å². The zero-order chi connectivity index (χ0) is 26.6. The van der Waals surface area contributed by atoms with Gasteiger partial charge in [-0.15, -0.1) is 4.98 Å². The number of hydrogen-bond donors (Lipinski definition) is 2. The van der Waals surface area contributed by atoms with Crippen LogP contribution >= 0.6 is 0 Å². The number of nitrogens with one attached hydrogen (secondary N) is 1. The average molecular weight is 498 g/mol. The SMILES string of the molecule is [C-]#[N+]c1ncccc1Oc1ccnc(C(=O)N[C@H]2COc3ccc(C#CC(C)(C)O)cc3N(C)C2=O)c1. The van der Waals surface area contributed by atoms with Gasteiger partial charge in [0.25, 0.3) is 11.8 Å². The van der Waals surface area contributed by atoms with Gasteiger partial charge in [0.2, 0.25) is 0 Å². The van der Waals surface area contributed by atoms with Gasteiger partial charge in [0.1, 0.15) is 41.6 Å². The van der Waals surface area contributed by atoms with E-state index in [1.165, 1.54) is 23.4 Å². The Labute approximate surface area is 213 Å². The molecule has 1 aromatic carbocycles. The quantitative estimate of drug-likeness (QED) is 0.420. The molecule has 0 radical (unpaired) electrons. The summed E-state index contributed by atoms with van der Waals surface area (Å²) in [4.78, 5) is 38.8. The fourth-order valence-corrected chi connectivity index (χ4v) is 3.41. The van der Waals surface area contributed by atoms with Crippen molar-refractivity contribution in [1.29, 1.82) is 0 Å². The van der Waals surface area contributed by atoms with E-state index < -0.39 is 17.6 Å². The fourth-order valence-electron chi connectivity index (χ4n) is 3.41. The highest BCUT2D eigenvalue weighted by atomic mass is 16.5. The van der Waals surface area contributed by atoms with Crippen molar-refractivity contribution < 1.29 is 24.2 Å². The van der Waals surface area contributed by atoms with Gasteiger partial charge in [0, 0.05) is 24.9 Å². The number of carbonyl (C=O) groups excluding carboxylic acids is 2. The Bertz CT molecular complexity index is 1460. The first-order valence-electron chi connectivity index (χ1n) is 11.2. The number of likely N-dealkylation sites (N-methyl/N-ethyl adjacent to an activating group) is 1. The van der Waals surface area contributed by atoms with E-state index in [1.807, 2.05) is 0 Å². The van der Waals surface area contributed by atoms with Gasteiger partial charge in [-0.2, -0.15) is 0 Å². The van der Waals surface area contributed by atoms with Crippen LogP contribution in [0.4, 0.5) is 11.5 Å². The third-order valence-corrected chi connectivity index (χ3v) is 5.22. The Morgan fingerprint density at radius 3 is 2.84 bits per heavy atom. The van der Waals surface area contributed by atoms with Crippen molar-refractivity contribution in [2.75, 3.05) is 18.6 Å². The van der Waals surface area contributed by atoms with Crippen LogP contribution in [-0.2, 0) is 4.79 Å². The smallest absolute Gasteiger partial charge is 0.312 e. The van der Waals surface area contributed by atoms with Crippen molar-refractivity contribution in [2.45, 2.75) is 25.5 Å². The van der Waals surface area contributed by atoms with E-state index in [0.29, 0.717) is 17.0 Å². The van der Waals surface area contributed by atoms with E-state index >= 15 is 0 Å². The maximum atomic E-state index is 13.2. The van der Waals surface area contributed by atoms with Crippen LogP contribution in [0.5, 0.6) is 17.2 Å². The van der Waals surface area contributed by atoms with Crippen LogP contribution in [-0.4, -0.2) is 52.2 Å². The number of hydrogen-bond acceptors (Lipinski definition) is 7. The van der Waals surface area contributed by atoms with Crippen molar-refractivity contribution in [1.82, 2.24) is 15.3 Å². The lowest BCUT2D eigenvalue weighted by Gasteiger charge is -2.20. The molecule has 0 unspecified atom stereocenters. The molecule has 10 nitrogen and oxygen atoms in total. The summed E-state index contributed by atoms with van der Waals surface area (Å²) >= 11 is 0. The topological polar surface area (TPSA) is 118 Å². The number of aliphatic hydroxyl groups is 1. The van der Waals surface area contributed by atoms with Crippen LogP contribution in [0, 0.1) is 18.4 Å². The molecule has 186 valence electrons. The number of fused-ring (bicyclic) bond motifs is 1. The fraction of sp³-hybridized carbons (Fsp3) is 0.222. The van der Waals surface area contributed by atoms with Gasteiger partial charge in [-0.1, -0.05) is 18.4 Å². The zero-order valence-corrected chi connectivity index (χ0v) is 20.3. The number of anilines is 1. The van der Waals surface area contributed by atoms with E-state index in [0.717, 1.165) is 0 Å². The molecule has 1 atom stereocenters. The molecule has 10 heteroatoms.